The second-order valence-electron chi connectivity index (χ2n) is 4.99. The molecule has 2 heterocycles. The predicted molar refractivity (Wildman–Crippen MR) is 79.1 cm³/mol. The van der Waals surface area contributed by atoms with Crippen molar-refractivity contribution in [1.29, 1.82) is 0 Å². The van der Waals surface area contributed by atoms with Crippen LogP contribution in [0.25, 0.3) is 0 Å². The SMILES string of the molecule is Nc1cc2c(cc1C(=O)Nc1nc3c(s1)CCC3)OCO2. The number of amides is 1. The maximum atomic E-state index is 12.3. The maximum absolute atomic E-state index is 12.3. The van der Waals surface area contributed by atoms with Gasteiger partial charge >= 0.3 is 0 Å². The van der Waals surface area contributed by atoms with Gasteiger partial charge in [-0.1, -0.05) is 0 Å². The molecule has 1 amide bonds. The number of carbonyl (C=O) groups is 1. The first-order valence-corrected chi connectivity index (χ1v) is 7.51. The van der Waals surface area contributed by atoms with Crippen molar-refractivity contribution < 1.29 is 14.3 Å². The van der Waals surface area contributed by atoms with E-state index in [4.69, 9.17) is 15.2 Å². The predicted octanol–water partition coefficient (Wildman–Crippen LogP) is 2.20. The molecule has 0 unspecified atom stereocenters. The van der Waals surface area contributed by atoms with Crippen LogP contribution in [0.5, 0.6) is 11.5 Å². The highest BCUT2D eigenvalue weighted by Gasteiger charge is 2.22. The lowest BCUT2D eigenvalue weighted by atomic mass is 10.1. The Morgan fingerprint density at radius 1 is 1.29 bits per heavy atom. The topological polar surface area (TPSA) is 86.5 Å². The zero-order valence-electron chi connectivity index (χ0n) is 11.1. The molecular weight excluding hydrogens is 290 g/mol. The van der Waals surface area contributed by atoms with Crippen LogP contribution < -0.4 is 20.5 Å². The molecule has 0 fully saturated rings. The Morgan fingerprint density at radius 3 is 2.90 bits per heavy atom. The molecule has 2 aromatic rings. The molecule has 1 aliphatic carbocycles. The molecule has 4 rings (SSSR count). The normalized spacial score (nSPS) is 15.0. The minimum atomic E-state index is -0.279. The van der Waals surface area contributed by atoms with Crippen molar-refractivity contribution in [2.24, 2.45) is 0 Å². The van der Waals surface area contributed by atoms with E-state index in [-0.39, 0.29) is 12.7 Å². The maximum Gasteiger partial charge on any atom is 0.259 e. The van der Waals surface area contributed by atoms with E-state index in [1.165, 1.54) is 16.2 Å². The van der Waals surface area contributed by atoms with E-state index in [1.807, 2.05) is 0 Å². The molecule has 0 saturated carbocycles. The first-order chi connectivity index (χ1) is 10.2. The first-order valence-electron chi connectivity index (χ1n) is 6.70. The fraction of sp³-hybridized carbons (Fsp3) is 0.286. The zero-order valence-corrected chi connectivity index (χ0v) is 12.0. The van der Waals surface area contributed by atoms with E-state index < -0.39 is 0 Å². The third-order valence-electron chi connectivity index (χ3n) is 3.61. The lowest BCUT2D eigenvalue weighted by Crippen LogP contribution is -2.14. The van der Waals surface area contributed by atoms with Crippen LogP contribution in [0.3, 0.4) is 0 Å². The van der Waals surface area contributed by atoms with Crippen LogP contribution in [0.4, 0.5) is 10.8 Å². The number of rotatable bonds is 2. The van der Waals surface area contributed by atoms with Crippen LogP contribution >= 0.6 is 11.3 Å². The van der Waals surface area contributed by atoms with E-state index in [2.05, 4.69) is 10.3 Å². The third-order valence-corrected chi connectivity index (χ3v) is 4.68. The molecule has 1 aromatic heterocycles. The van der Waals surface area contributed by atoms with Crippen molar-refractivity contribution in [3.63, 3.8) is 0 Å². The first kappa shape index (κ1) is 12.5. The number of ether oxygens (including phenoxy) is 2. The number of fused-ring (bicyclic) bond motifs is 2. The Bertz CT molecular complexity index is 720. The Balaban J connectivity index is 1.59. The molecule has 0 spiro atoms. The van der Waals surface area contributed by atoms with Gasteiger partial charge in [-0.05, 0) is 25.3 Å². The van der Waals surface area contributed by atoms with Gasteiger partial charge in [-0.15, -0.1) is 11.3 Å². The van der Waals surface area contributed by atoms with Crippen LogP contribution in [-0.2, 0) is 12.8 Å². The number of carbonyl (C=O) groups excluding carboxylic acids is 1. The van der Waals surface area contributed by atoms with Crippen molar-refractivity contribution in [2.75, 3.05) is 17.8 Å². The number of nitrogen functional groups attached to an aromatic ring is 1. The Kier molecular flexibility index (Phi) is 2.75. The Labute approximate surface area is 124 Å². The summed E-state index contributed by atoms with van der Waals surface area (Å²) in [7, 11) is 0. The molecule has 21 heavy (non-hydrogen) atoms. The molecule has 0 atom stereocenters. The molecule has 0 saturated heterocycles. The summed E-state index contributed by atoms with van der Waals surface area (Å²) in [6.45, 7) is 0.152. The minimum Gasteiger partial charge on any atom is -0.454 e. The molecule has 3 N–H and O–H groups in total. The number of anilines is 2. The highest BCUT2D eigenvalue weighted by atomic mass is 32.1. The summed E-state index contributed by atoms with van der Waals surface area (Å²) in [6.07, 6.45) is 3.19. The highest BCUT2D eigenvalue weighted by molar-refractivity contribution is 7.16. The molecule has 7 heteroatoms. The van der Waals surface area contributed by atoms with Gasteiger partial charge in [0, 0.05) is 16.6 Å². The molecule has 6 nitrogen and oxygen atoms in total. The number of hydrogen-bond donors (Lipinski definition) is 2. The van der Waals surface area contributed by atoms with Gasteiger partial charge in [-0.3, -0.25) is 10.1 Å². The second kappa shape index (κ2) is 4.63. The average Bonchev–Trinajstić information content (AvgIpc) is 3.11. The number of benzene rings is 1. The van der Waals surface area contributed by atoms with Crippen LogP contribution in [0.2, 0.25) is 0 Å². The lowest BCUT2D eigenvalue weighted by Gasteiger charge is -2.06. The van der Waals surface area contributed by atoms with E-state index in [1.54, 1.807) is 12.1 Å². The molecule has 0 radical (unpaired) electrons. The van der Waals surface area contributed by atoms with Crippen LogP contribution in [0, 0.1) is 0 Å². The molecular formula is C14H13N3O3S. The minimum absolute atomic E-state index is 0.152. The summed E-state index contributed by atoms with van der Waals surface area (Å²) >= 11 is 1.54. The van der Waals surface area contributed by atoms with Crippen molar-refractivity contribution in [3.8, 4) is 11.5 Å². The number of aromatic nitrogens is 1. The quantitative estimate of drug-likeness (QED) is 0.831. The lowest BCUT2D eigenvalue weighted by molar-refractivity contribution is 0.102. The summed E-state index contributed by atoms with van der Waals surface area (Å²) < 4.78 is 10.5. The van der Waals surface area contributed by atoms with Gasteiger partial charge in [-0.2, -0.15) is 0 Å². The fourth-order valence-corrected chi connectivity index (χ4v) is 3.61. The van der Waals surface area contributed by atoms with Crippen LogP contribution in [-0.4, -0.2) is 17.7 Å². The summed E-state index contributed by atoms with van der Waals surface area (Å²) in [5.74, 6) is 0.825. The van der Waals surface area contributed by atoms with Gasteiger partial charge in [-0.25, -0.2) is 4.98 Å². The number of nitrogens with one attached hydrogen (secondary N) is 1. The standard InChI is InChI=1S/C14H13N3O3S/c15-8-5-11-10(19-6-20-11)4-7(8)13(18)17-14-16-9-2-1-3-12(9)21-14/h4-5H,1-3,6,15H2,(H,16,17,18). The molecule has 108 valence electrons. The number of aryl methyl sites for hydroxylation is 2. The number of hydrogen-bond acceptors (Lipinski definition) is 6. The number of thiazole rings is 1. The van der Waals surface area contributed by atoms with Crippen LogP contribution in [0.15, 0.2) is 12.1 Å². The van der Waals surface area contributed by atoms with Gasteiger partial charge in [0.2, 0.25) is 6.79 Å². The second-order valence-corrected chi connectivity index (χ2v) is 6.07. The number of nitrogens with two attached hydrogens (primary N) is 1. The molecule has 0 bridgehead atoms. The monoisotopic (exact) mass is 303 g/mol. The highest BCUT2D eigenvalue weighted by Crippen LogP contribution is 2.36. The Hall–Kier alpha value is -2.28. The summed E-state index contributed by atoms with van der Waals surface area (Å²) in [5.41, 5.74) is 7.74. The van der Waals surface area contributed by atoms with Gasteiger partial charge in [0.25, 0.3) is 5.91 Å². The van der Waals surface area contributed by atoms with Crippen molar-refractivity contribution >= 4 is 28.1 Å². The fourth-order valence-electron chi connectivity index (χ4n) is 2.56. The van der Waals surface area contributed by atoms with E-state index in [0.29, 0.717) is 27.9 Å². The van der Waals surface area contributed by atoms with E-state index >= 15 is 0 Å². The van der Waals surface area contributed by atoms with E-state index in [0.717, 1.165) is 25.0 Å². The molecule has 1 aliphatic heterocycles. The van der Waals surface area contributed by atoms with E-state index in [9.17, 15) is 4.79 Å². The molecule has 2 aliphatic rings. The Morgan fingerprint density at radius 2 is 2.10 bits per heavy atom. The summed E-state index contributed by atoms with van der Waals surface area (Å²) in [5, 5.41) is 3.44. The molecule has 1 aromatic carbocycles. The van der Waals surface area contributed by atoms with Crippen molar-refractivity contribution in [3.05, 3.63) is 28.3 Å². The summed E-state index contributed by atoms with van der Waals surface area (Å²) in [6, 6.07) is 3.22. The average molecular weight is 303 g/mol. The number of nitrogens with zero attached hydrogens (tertiary/aromatic N) is 1. The van der Waals surface area contributed by atoms with Gasteiger partial charge in [0.15, 0.2) is 16.6 Å². The van der Waals surface area contributed by atoms with Gasteiger partial charge < -0.3 is 15.2 Å². The van der Waals surface area contributed by atoms with Crippen LogP contribution in [0.1, 0.15) is 27.3 Å². The smallest absolute Gasteiger partial charge is 0.259 e. The van der Waals surface area contributed by atoms with Crippen molar-refractivity contribution in [1.82, 2.24) is 4.98 Å². The third kappa shape index (κ3) is 2.09. The van der Waals surface area contributed by atoms with Crippen molar-refractivity contribution in [2.45, 2.75) is 19.3 Å². The zero-order chi connectivity index (χ0) is 14.4. The largest absolute Gasteiger partial charge is 0.454 e. The van der Waals surface area contributed by atoms with Gasteiger partial charge in [0.05, 0.1) is 11.3 Å². The van der Waals surface area contributed by atoms with Gasteiger partial charge in [0.1, 0.15) is 0 Å². The summed E-state index contributed by atoms with van der Waals surface area (Å²) in [4.78, 5) is 18.1.